The fourth-order valence-electron chi connectivity index (χ4n) is 2.81. The van der Waals surface area contributed by atoms with Crippen molar-refractivity contribution in [1.29, 1.82) is 0 Å². The lowest BCUT2D eigenvalue weighted by molar-refractivity contribution is -0.142. The van der Waals surface area contributed by atoms with E-state index in [-0.39, 0.29) is 24.9 Å². The molecule has 1 aliphatic rings. The van der Waals surface area contributed by atoms with Gasteiger partial charge in [-0.25, -0.2) is 0 Å². The van der Waals surface area contributed by atoms with Gasteiger partial charge in [0, 0.05) is 5.92 Å². The van der Waals surface area contributed by atoms with Gasteiger partial charge < -0.3 is 4.74 Å². The van der Waals surface area contributed by atoms with Crippen molar-refractivity contribution in [2.45, 2.75) is 38.5 Å². The maximum atomic E-state index is 11.6. The molecule has 22 heavy (non-hydrogen) atoms. The summed E-state index contributed by atoms with van der Waals surface area (Å²) in [6, 6.07) is 5.95. The zero-order chi connectivity index (χ0) is 16.2. The molecule has 0 amide bonds. The van der Waals surface area contributed by atoms with Crippen molar-refractivity contribution < 1.29 is 22.1 Å². The average molecular weight is 326 g/mol. The number of benzene rings is 1. The minimum Gasteiger partial charge on any atom is -0.466 e. The van der Waals surface area contributed by atoms with Crippen LogP contribution in [0, 0.1) is 0 Å². The van der Waals surface area contributed by atoms with E-state index in [2.05, 4.69) is 0 Å². The van der Waals surface area contributed by atoms with E-state index in [4.69, 9.17) is 8.92 Å². The van der Waals surface area contributed by atoms with Crippen LogP contribution >= 0.6 is 0 Å². The summed E-state index contributed by atoms with van der Waals surface area (Å²) in [7, 11) is -3.44. The molecular formula is C16H22O5S. The van der Waals surface area contributed by atoms with Gasteiger partial charge in [-0.05, 0) is 42.9 Å². The zero-order valence-corrected chi connectivity index (χ0v) is 13.8. The van der Waals surface area contributed by atoms with Gasteiger partial charge in [0.15, 0.2) is 0 Å². The van der Waals surface area contributed by atoms with E-state index in [1.54, 1.807) is 6.92 Å². The molecule has 1 aromatic rings. The summed E-state index contributed by atoms with van der Waals surface area (Å²) in [5.74, 6) is -0.192. The van der Waals surface area contributed by atoms with E-state index in [0.717, 1.165) is 36.6 Å². The number of fused-ring (bicyclic) bond motifs is 1. The van der Waals surface area contributed by atoms with Gasteiger partial charge >= 0.3 is 5.97 Å². The predicted octanol–water partition coefficient (Wildman–Crippen LogP) is 2.19. The van der Waals surface area contributed by atoms with Gasteiger partial charge in [0.05, 0.1) is 25.9 Å². The Hall–Kier alpha value is -1.40. The first-order chi connectivity index (χ1) is 10.4. The largest absolute Gasteiger partial charge is 0.466 e. The number of hydrogen-bond acceptors (Lipinski definition) is 5. The highest BCUT2D eigenvalue weighted by Gasteiger charge is 2.22. The van der Waals surface area contributed by atoms with Crippen molar-refractivity contribution in [2.75, 3.05) is 19.5 Å². The summed E-state index contributed by atoms with van der Waals surface area (Å²) in [5.41, 5.74) is 3.20. The Morgan fingerprint density at radius 1 is 1.36 bits per heavy atom. The number of esters is 1. The molecule has 0 aromatic heterocycles. The normalized spacial score (nSPS) is 17.8. The number of rotatable bonds is 6. The average Bonchev–Trinajstić information content (AvgIpc) is 2.44. The van der Waals surface area contributed by atoms with Crippen LogP contribution in [-0.4, -0.2) is 33.9 Å². The van der Waals surface area contributed by atoms with Crippen LogP contribution in [0.25, 0.3) is 0 Å². The van der Waals surface area contributed by atoms with Crippen LogP contribution in [0.2, 0.25) is 0 Å². The standard InChI is InChI=1S/C16H22O5S/c1-3-20-16(17)10-12-7-8-13-5-4-6-14(15(13)9-12)11-21-22(2,18)19/h7-9,14H,3-6,10-11H2,1-2H3. The molecule has 0 saturated carbocycles. The Morgan fingerprint density at radius 2 is 2.14 bits per heavy atom. The predicted molar refractivity (Wildman–Crippen MR) is 83.3 cm³/mol. The van der Waals surface area contributed by atoms with Crippen LogP contribution in [0.4, 0.5) is 0 Å². The van der Waals surface area contributed by atoms with E-state index in [1.165, 1.54) is 5.56 Å². The van der Waals surface area contributed by atoms with Crippen molar-refractivity contribution in [3.63, 3.8) is 0 Å². The molecule has 0 bridgehead atoms. The smallest absolute Gasteiger partial charge is 0.310 e. The Balaban J connectivity index is 2.15. The second kappa shape index (κ2) is 7.24. The van der Waals surface area contributed by atoms with Crippen LogP contribution < -0.4 is 0 Å². The van der Waals surface area contributed by atoms with Crippen molar-refractivity contribution >= 4 is 16.1 Å². The monoisotopic (exact) mass is 326 g/mol. The molecule has 1 atom stereocenters. The van der Waals surface area contributed by atoms with Gasteiger partial charge in [0.1, 0.15) is 0 Å². The third-order valence-electron chi connectivity index (χ3n) is 3.79. The fourth-order valence-corrected chi connectivity index (χ4v) is 3.23. The Labute approximate surface area is 131 Å². The summed E-state index contributed by atoms with van der Waals surface area (Å²) < 4.78 is 32.3. The Kier molecular flexibility index (Phi) is 5.58. The first-order valence-electron chi connectivity index (χ1n) is 7.50. The van der Waals surface area contributed by atoms with Crippen LogP contribution in [0.1, 0.15) is 42.4 Å². The molecule has 0 heterocycles. The lowest BCUT2D eigenvalue weighted by Crippen LogP contribution is -2.18. The summed E-state index contributed by atoms with van der Waals surface area (Å²) in [6.45, 7) is 2.31. The molecule has 0 fully saturated rings. The molecule has 0 saturated heterocycles. The number of aryl methyl sites for hydroxylation is 1. The molecule has 6 heteroatoms. The van der Waals surface area contributed by atoms with Crippen molar-refractivity contribution in [1.82, 2.24) is 0 Å². The lowest BCUT2D eigenvalue weighted by Gasteiger charge is -2.25. The summed E-state index contributed by atoms with van der Waals surface area (Å²) >= 11 is 0. The molecule has 0 spiro atoms. The molecule has 122 valence electrons. The van der Waals surface area contributed by atoms with Gasteiger partial charge in [-0.2, -0.15) is 8.42 Å². The van der Waals surface area contributed by atoms with E-state index >= 15 is 0 Å². The molecule has 0 N–H and O–H groups in total. The molecule has 5 nitrogen and oxygen atoms in total. The molecular weight excluding hydrogens is 304 g/mol. The Bertz CT molecular complexity index is 636. The highest BCUT2D eigenvalue weighted by atomic mass is 32.2. The minimum absolute atomic E-state index is 0.0561. The van der Waals surface area contributed by atoms with Crippen LogP contribution in [0.15, 0.2) is 18.2 Å². The summed E-state index contributed by atoms with van der Waals surface area (Å²) in [4.78, 5) is 11.6. The van der Waals surface area contributed by atoms with Crippen molar-refractivity contribution in [3.8, 4) is 0 Å². The highest BCUT2D eigenvalue weighted by Crippen LogP contribution is 2.33. The van der Waals surface area contributed by atoms with Gasteiger partial charge in [-0.3, -0.25) is 8.98 Å². The van der Waals surface area contributed by atoms with Crippen molar-refractivity contribution in [2.24, 2.45) is 0 Å². The van der Waals surface area contributed by atoms with E-state index < -0.39 is 10.1 Å². The van der Waals surface area contributed by atoms with Gasteiger partial charge in [-0.1, -0.05) is 18.2 Å². The van der Waals surface area contributed by atoms with Crippen LogP contribution in [-0.2, 0) is 36.7 Å². The SMILES string of the molecule is CCOC(=O)Cc1ccc2c(c1)C(COS(C)(=O)=O)CCC2. The van der Waals surface area contributed by atoms with Gasteiger partial charge in [0.25, 0.3) is 10.1 Å². The van der Waals surface area contributed by atoms with Crippen LogP contribution in [0.5, 0.6) is 0 Å². The Morgan fingerprint density at radius 3 is 2.82 bits per heavy atom. The number of carbonyl (C=O) groups excluding carboxylic acids is 1. The molecule has 1 unspecified atom stereocenters. The highest BCUT2D eigenvalue weighted by molar-refractivity contribution is 7.85. The van der Waals surface area contributed by atoms with Gasteiger partial charge in [0.2, 0.25) is 0 Å². The fraction of sp³-hybridized carbons (Fsp3) is 0.562. The maximum Gasteiger partial charge on any atom is 0.310 e. The lowest BCUT2D eigenvalue weighted by atomic mass is 9.82. The second-order valence-electron chi connectivity index (χ2n) is 5.59. The minimum atomic E-state index is -3.44. The number of carbonyl (C=O) groups is 1. The molecule has 2 rings (SSSR count). The maximum absolute atomic E-state index is 11.6. The van der Waals surface area contributed by atoms with E-state index in [0.29, 0.717) is 6.61 Å². The molecule has 0 aliphatic heterocycles. The van der Waals surface area contributed by atoms with Crippen LogP contribution in [0.3, 0.4) is 0 Å². The third kappa shape index (κ3) is 4.81. The first kappa shape index (κ1) is 17.0. The van der Waals surface area contributed by atoms with Crippen molar-refractivity contribution in [3.05, 3.63) is 34.9 Å². The van der Waals surface area contributed by atoms with Gasteiger partial charge in [-0.15, -0.1) is 0 Å². The first-order valence-corrected chi connectivity index (χ1v) is 9.32. The third-order valence-corrected chi connectivity index (χ3v) is 4.35. The number of hydrogen-bond donors (Lipinski definition) is 0. The topological polar surface area (TPSA) is 69.7 Å². The second-order valence-corrected chi connectivity index (χ2v) is 7.24. The summed E-state index contributed by atoms with van der Waals surface area (Å²) in [6.07, 6.45) is 4.19. The zero-order valence-electron chi connectivity index (χ0n) is 13.0. The molecule has 1 aliphatic carbocycles. The number of ether oxygens (including phenoxy) is 1. The van der Waals surface area contributed by atoms with E-state index in [9.17, 15) is 13.2 Å². The van der Waals surface area contributed by atoms with E-state index in [1.807, 2.05) is 18.2 Å². The quantitative estimate of drug-likeness (QED) is 0.592. The summed E-state index contributed by atoms with van der Waals surface area (Å²) in [5, 5.41) is 0. The molecule has 1 aromatic carbocycles. The molecule has 0 radical (unpaired) electrons.